The molecule has 0 saturated carbocycles. The van der Waals surface area contributed by atoms with Gasteiger partial charge in [0.1, 0.15) is 6.10 Å². The minimum atomic E-state index is -0.122. The van der Waals surface area contributed by atoms with E-state index in [-0.39, 0.29) is 18.0 Å². The zero-order valence-electron chi connectivity index (χ0n) is 7.18. The first-order chi connectivity index (χ1) is 5.63. The zero-order valence-corrected chi connectivity index (χ0v) is 7.93. The summed E-state index contributed by atoms with van der Waals surface area (Å²) >= 11 is 5.61. The molecule has 0 N–H and O–H groups in total. The van der Waals surface area contributed by atoms with Crippen molar-refractivity contribution in [2.45, 2.75) is 32.3 Å². The molecular weight excluding hydrogens is 176 g/mol. The molecule has 1 aliphatic rings. The summed E-state index contributed by atoms with van der Waals surface area (Å²) in [7, 11) is 0. The van der Waals surface area contributed by atoms with Crippen molar-refractivity contribution < 1.29 is 9.53 Å². The molecule has 0 spiro atoms. The minimum absolute atomic E-state index is 0.0556. The van der Waals surface area contributed by atoms with Gasteiger partial charge in [0.25, 0.3) is 0 Å². The fourth-order valence-corrected chi connectivity index (χ4v) is 1.59. The lowest BCUT2D eigenvalue weighted by Gasteiger charge is -2.02. The van der Waals surface area contributed by atoms with Gasteiger partial charge < -0.3 is 4.74 Å². The zero-order chi connectivity index (χ0) is 9.14. The molecule has 12 heavy (non-hydrogen) atoms. The lowest BCUT2D eigenvalue weighted by atomic mass is 10.0. The summed E-state index contributed by atoms with van der Waals surface area (Å²) < 4.78 is 5.09. The molecule has 1 heterocycles. The first kappa shape index (κ1) is 9.59. The SMILES string of the molecule is C=C(Cl)CC1CC(CC)OC1=O. The third-order valence-electron chi connectivity index (χ3n) is 2.09. The maximum absolute atomic E-state index is 11.2. The van der Waals surface area contributed by atoms with Gasteiger partial charge in [0.15, 0.2) is 0 Å². The van der Waals surface area contributed by atoms with Crippen LogP contribution in [0.1, 0.15) is 26.2 Å². The van der Waals surface area contributed by atoms with Gasteiger partial charge in [-0.05, 0) is 19.3 Å². The second-order valence-electron chi connectivity index (χ2n) is 3.12. The summed E-state index contributed by atoms with van der Waals surface area (Å²) in [5.41, 5.74) is 0. The van der Waals surface area contributed by atoms with Crippen molar-refractivity contribution in [3.05, 3.63) is 11.6 Å². The molecule has 1 fully saturated rings. The Bertz CT molecular complexity index is 201. The third-order valence-corrected chi connectivity index (χ3v) is 2.24. The normalized spacial score (nSPS) is 28.7. The highest BCUT2D eigenvalue weighted by molar-refractivity contribution is 6.29. The quantitative estimate of drug-likeness (QED) is 0.636. The lowest BCUT2D eigenvalue weighted by Crippen LogP contribution is -2.07. The van der Waals surface area contributed by atoms with Crippen molar-refractivity contribution in [1.29, 1.82) is 0 Å². The average Bonchev–Trinajstić information content (AvgIpc) is 2.31. The second kappa shape index (κ2) is 3.94. The number of halogens is 1. The number of allylic oxidation sites excluding steroid dienone is 1. The number of ether oxygens (including phenoxy) is 1. The topological polar surface area (TPSA) is 26.3 Å². The predicted octanol–water partition coefficient (Wildman–Crippen LogP) is 2.47. The number of hydrogen-bond donors (Lipinski definition) is 0. The Morgan fingerprint density at radius 1 is 1.83 bits per heavy atom. The molecule has 1 aliphatic heterocycles. The van der Waals surface area contributed by atoms with Gasteiger partial charge >= 0.3 is 5.97 Å². The summed E-state index contributed by atoms with van der Waals surface area (Å²) in [6.07, 6.45) is 2.33. The highest BCUT2D eigenvalue weighted by Crippen LogP contribution is 2.28. The number of hydrogen-bond acceptors (Lipinski definition) is 2. The number of esters is 1. The number of cyclic esters (lactones) is 1. The molecule has 0 aromatic rings. The van der Waals surface area contributed by atoms with Crippen LogP contribution in [0.4, 0.5) is 0 Å². The Morgan fingerprint density at radius 2 is 2.50 bits per heavy atom. The third kappa shape index (κ3) is 2.24. The van der Waals surface area contributed by atoms with Gasteiger partial charge in [-0.3, -0.25) is 4.79 Å². The van der Waals surface area contributed by atoms with E-state index in [2.05, 4.69) is 6.58 Å². The van der Waals surface area contributed by atoms with Crippen molar-refractivity contribution in [2.24, 2.45) is 5.92 Å². The molecule has 0 amide bonds. The monoisotopic (exact) mass is 188 g/mol. The first-order valence-electron chi connectivity index (χ1n) is 4.17. The smallest absolute Gasteiger partial charge is 0.309 e. The Kier molecular flexibility index (Phi) is 3.15. The van der Waals surface area contributed by atoms with Gasteiger partial charge in [-0.25, -0.2) is 0 Å². The minimum Gasteiger partial charge on any atom is -0.462 e. The number of rotatable bonds is 3. The van der Waals surface area contributed by atoms with Crippen LogP contribution in [-0.2, 0) is 9.53 Å². The van der Waals surface area contributed by atoms with Crippen LogP contribution in [-0.4, -0.2) is 12.1 Å². The largest absolute Gasteiger partial charge is 0.462 e. The summed E-state index contributed by atoms with van der Waals surface area (Å²) in [5, 5.41) is 0.536. The Labute approximate surface area is 77.5 Å². The summed E-state index contributed by atoms with van der Waals surface area (Å²) in [6.45, 7) is 5.57. The van der Waals surface area contributed by atoms with Crippen LogP contribution in [0.5, 0.6) is 0 Å². The Morgan fingerprint density at radius 3 is 2.92 bits per heavy atom. The van der Waals surface area contributed by atoms with Gasteiger partial charge in [0, 0.05) is 5.03 Å². The molecule has 2 unspecified atom stereocenters. The van der Waals surface area contributed by atoms with Crippen LogP contribution in [0.3, 0.4) is 0 Å². The van der Waals surface area contributed by atoms with E-state index >= 15 is 0 Å². The second-order valence-corrected chi connectivity index (χ2v) is 3.66. The van der Waals surface area contributed by atoms with Crippen molar-refractivity contribution in [3.63, 3.8) is 0 Å². The fraction of sp³-hybridized carbons (Fsp3) is 0.667. The van der Waals surface area contributed by atoms with Crippen LogP contribution in [0, 0.1) is 5.92 Å². The molecule has 0 bridgehead atoms. The molecule has 2 atom stereocenters. The molecule has 68 valence electrons. The van der Waals surface area contributed by atoms with Crippen LogP contribution in [0.15, 0.2) is 11.6 Å². The Hall–Kier alpha value is -0.500. The van der Waals surface area contributed by atoms with E-state index in [4.69, 9.17) is 16.3 Å². The van der Waals surface area contributed by atoms with E-state index in [1.54, 1.807) is 0 Å². The number of carbonyl (C=O) groups excluding carboxylic acids is 1. The van der Waals surface area contributed by atoms with Gasteiger partial charge in [-0.15, -0.1) is 0 Å². The molecule has 0 radical (unpaired) electrons. The van der Waals surface area contributed by atoms with Crippen molar-refractivity contribution in [1.82, 2.24) is 0 Å². The summed E-state index contributed by atoms with van der Waals surface area (Å²) in [6, 6.07) is 0. The molecule has 3 heteroatoms. The van der Waals surface area contributed by atoms with E-state index in [0.717, 1.165) is 12.8 Å². The standard InChI is InChI=1S/C9H13ClO2/c1-3-8-5-7(4-6(2)10)9(11)12-8/h7-8H,2-5H2,1H3. The number of carbonyl (C=O) groups is 1. The average molecular weight is 189 g/mol. The van der Waals surface area contributed by atoms with Gasteiger partial charge in [-0.1, -0.05) is 25.1 Å². The van der Waals surface area contributed by atoms with Crippen molar-refractivity contribution in [2.75, 3.05) is 0 Å². The molecule has 1 saturated heterocycles. The first-order valence-corrected chi connectivity index (χ1v) is 4.55. The van der Waals surface area contributed by atoms with E-state index < -0.39 is 0 Å². The van der Waals surface area contributed by atoms with E-state index in [0.29, 0.717) is 11.5 Å². The maximum atomic E-state index is 11.2. The fourth-order valence-electron chi connectivity index (χ4n) is 1.41. The van der Waals surface area contributed by atoms with Crippen LogP contribution in [0.25, 0.3) is 0 Å². The van der Waals surface area contributed by atoms with Gasteiger partial charge in [0.05, 0.1) is 5.92 Å². The van der Waals surface area contributed by atoms with Crippen molar-refractivity contribution in [3.8, 4) is 0 Å². The molecule has 0 aromatic carbocycles. The summed E-state index contributed by atoms with van der Waals surface area (Å²) in [4.78, 5) is 11.2. The van der Waals surface area contributed by atoms with Crippen molar-refractivity contribution >= 4 is 17.6 Å². The van der Waals surface area contributed by atoms with Gasteiger partial charge in [0.2, 0.25) is 0 Å². The van der Waals surface area contributed by atoms with Gasteiger partial charge in [-0.2, -0.15) is 0 Å². The van der Waals surface area contributed by atoms with Crippen LogP contribution < -0.4 is 0 Å². The maximum Gasteiger partial charge on any atom is 0.309 e. The van der Waals surface area contributed by atoms with E-state index in [9.17, 15) is 4.79 Å². The van der Waals surface area contributed by atoms with E-state index in [1.807, 2.05) is 6.92 Å². The highest BCUT2D eigenvalue weighted by atomic mass is 35.5. The highest BCUT2D eigenvalue weighted by Gasteiger charge is 2.33. The molecule has 0 aromatic heterocycles. The summed E-state index contributed by atoms with van der Waals surface area (Å²) in [5.74, 6) is -0.177. The molecule has 0 aliphatic carbocycles. The van der Waals surface area contributed by atoms with Crippen LogP contribution >= 0.6 is 11.6 Å². The Balaban J connectivity index is 2.46. The van der Waals surface area contributed by atoms with E-state index in [1.165, 1.54) is 0 Å². The molecule has 1 rings (SSSR count). The molecule has 2 nitrogen and oxygen atoms in total. The lowest BCUT2D eigenvalue weighted by molar-refractivity contribution is -0.144. The van der Waals surface area contributed by atoms with Crippen LogP contribution in [0.2, 0.25) is 0 Å². The molecular formula is C9H13ClO2. The predicted molar refractivity (Wildman–Crippen MR) is 47.9 cm³/mol.